The summed E-state index contributed by atoms with van der Waals surface area (Å²) in [5, 5.41) is 5.36. The molecule has 0 aromatic heterocycles. The van der Waals surface area contributed by atoms with Crippen LogP contribution in [0.3, 0.4) is 0 Å². The summed E-state index contributed by atoms with van der Waals surface area (Å²) in [5.41, 5.74) is 1.85. The third-order valence-corrected chi connectivity index (χ3v) is 6.67. The molecule has 1 N–H and O–H groups in total. The van der Waals surface area contributed by atoms with Crippen LogP contribution in [0.25, 0.3) is 10.8 Å². The van der Waals surface area contributed by atoms with Crippen molar-refractivity contribution >= 4 is 32.3 Å². The van der Waals surface area contributed by atoms with Gasteiger partial charge in [-0.1, -0.05) is 48.5 Å². The van der Waals surface area contributed by atoms with E-state index in [4.69, 9.17) is 0 Å². The average Bonchev–Trinajstić information content (AvgIpc) is 2.73. The van der Waals surface area contributed by atoms with Gasteiger partial charge in [-0.3, -0.25) is 0 Å². The molecular formula is C23H24N2O3S. The summed E-state index contributed by atoms with van der Waals surface area (Å²) in [7, 11) is -3.31. The van der Waals surface area contributed by atoms with Crippen LogP contribution in [0.4, 0.5) is 10.5 Å². The number of piperidine rings is 1. The standard InChI is InChI=1S/C23H24N2O3S/c1-29(27,28)20-9-5-8-19(16-20)24-23(26)25-14-12-18(13-15-25)22-11-4-7-17-6-2-3-10-21(17)22/h2-11,16,18H,12-15H2,1H3,(H,24,26). The normalized spacial score (nSPS) is 15.4. The second kappa shape index (κ2) is 7.87. The summed E-state index contributed by atoms with van der Waals surface area (Å²) in [4.78, 5) is 14.6. The first kappa shape index (κ1) is 19.5. The Morgan fingerprint density at radius 2 is 1.66 bits per heavy atom. The van der Waals surface area contributed by atoms with Crippen LogP contribution in [0.15, 0.2) is 71.6 Å². The van der Waals surface area contributed by atoms with Crippen LogP contribution in [-0.2, 0) is 9.84 Å². The number of hydrogen-bond donors (Lipinski definition) is 1. The molecule has 1 fully saturated rings. The zero-order valence-corrected chi connectivity index (χ0v) is 17.2. The number of fused-ring (bicyclic) bond motifs is 1. The van der Waals surface area contributed by atoms with Crippen LogP contribution in [0, 0.1) is 0 Å². The summed E-state index contributed by atoms with van der Waals surface area (Å²) >= 11 is 0. The highest BCUT2D eigenvalue weighted by Crippen LogP contribution is 2.33. The molecule has 0 bridgehead atoms. The van der Waals surface area contributed by atoms with Gasteiger partial charge in [-0.05, 0) is 53.3 Å². The number of rotatable bonds is 3. The second-order valence-electron chi connectivity index (χ2n) is 7.56. The smallest absolute Gasteiger partial charge is 0.321 e. The molecule has 0 atom stereocenters. The van der Waals surface area contributed by atoms with Crippen molar-refractivity contribution in [2.45, 2.75) is 23.7 Å². The lowest BCUT2D eigenvalue weighted by atomic mass is 9.86. The van der Waals surface area contributed by atoms with Crippen molar-refractivity contribution in [2.75, 3.05) is 24.7 Å². The van der Waals surface area contributed by atoms with Gasteiger partial charge >= 0.3 is 6.03 Å². The van der Waals surface area contributed by atoms with Crippen LogP contribution in [0.2, 0.25) is 0 Å². The third-order valence-electron chi connectivity index (χ3n) is 5.56. The Morgan fingerprint density at radius 1 is 0.966 bits per heavy atom. The van der Waals surface area contributed by atoms with Crippen molar-refractivity contribution in [3.05, 3.63) is 72.3 Å². The lowest BCUT2D eigenvalue weighted by molar-refractivity contribution is 0.195. The predicted molar refractivity (Wildman–Crippen MR) is 116 cm³/mol. The quantitative estimate of drug-likeness (QED) is 0.686. The Morgan fingerprint density at radius 3 is 2.41 bits per heavy atom. The Bertz CT molecular complexity index is 1140. The summed E-state index contributed by atoms with van der Waals surface area (Å²) in [6.45, 7) is 1.34. The molecule has 3 aromatic rings. The molecule has 1 aliphatic rings. The number of sulfone groups is 1. The van der Waals surface area contributed by atoms with Crippen molar-refractivity contribution in [3.8, 4) is 0 Å². The SMILES string of the molecule is CS(=O)(=O)c1cccc(NC(=O)N2CCC(c3cccc4ccccc34)CC2)c1. The van der Waals surface area contributed by atoms with Gasteiger partial charge in [0.25, 0.3) is 0 Å². The van der Waals surface area contributed by atoms with E-state index in [1.807, 2.05) is 0 Å². The van der Waals surface area contributed by atoms with Gasteiger partial charge in [-0.15, -0.1) is 0 Å². The largest absolute Gasteiger partial charge is 0.324 e. The van der Waals surface area contributed by atoms with Gasteiger partial charge in [-0.2, -0.15) is 0 Å². The van der Waals surface area contributed by atoms with Crippen molar-refractivity contribution in [3.63, 3.8) is 0 Å². The first-order valence-electron chi connectivity index (χ1n) is 9.75. The highest BCUT2D eigenvalue weighted by atomic mass is 32.2. The van der Waals surface area contributed by atoms with Crippen molar-refractivity contribution < 1.29 is 13.2 Å². The van der Waals surface area contributed by atoms with E-state index in [0.29, 0.717) is 24.7 Å². The van der Waals surface area contributed by atoms with Gasteiger partial charge in [0.15, 0.2) is 9.84 Å². The number of carbonyl (C=O) groups excluding carboxylic acids is 1. The zero-order valence-electron chi connectivity index (χ0n) is 16.3. The Hall–Kier alpha value is -2.86. The van der Waals surface area contributed by atoms with Gasteiger partial charge in [0.05, 0.1) is 4.90 Å². The summed E-state index contributed by atoms with van der Waals surface area (Å²) in [5.74, 6) is 0.429. The Labute approximate surface area is 171 Å². The number of anilines is 1. The number of carbonyl (C=O) groups is 1. The molecule has 29 heavy (non-hydrogen) atoms. The fourth-order valence-corrected chi connectivity index (χ4v) is 4.67. The molecule has 0 aliphatic carbocycles. The maximum Gasteiger partial charge on any atom is 0.321 e. The molecule has 1 aliphatic heterocycles. The van der Waals surface area contributed by atoms with Crippen LogP contribution in [0.5, 0.6) is 0 Å². The maximum atomic E-state index is 12.6. The number of urea groups is 1. The van der Waals surface area contributed by atoms with E-state index in [0.717, 1.165) is 19.1 Å². The van der Waals surface area contributed by atoms with Crippen molar-refractivity contribution in [1.29, 1.82) is 0 Å². The van der Waals surface area contributed by atoms with Crippen LogP contribution in [0.1, 0.15) is 24.3 Å². The number of amides is 2. The van der Waals surface area contributed by atoms with E-state index in [9.17, 15) is 13.2 Å². The van der Waals surface area contributed by atoms with Crippen molar-refractivity contribution in [1.82, 2.24) is 4.90 Å². The predicted octanol–water partition coefficient (Wildman–Crippen LogP) is 4.65. The van der Waals surface area contributed by atoms with E-state index in [1.165, 1.54) is 28.5 Å². The van der Waals surface area contributed by atoms with Crippen LogP contribution in [-0.4, -0.2) is 38.7 Å². The van der Waals surface area contributed by atoms with E-state index in [2.05, 4.69) is 47.8 Å². The molecule has 0 unspecified atom stereocenters. The lowest BCUT2D eigenvalue weighted by Gasteiger charge is -2.32. The fourth-order valence-electron chi connectivity index (χ4n) is 4.01. The van der Waals surface area contributed by atoms with Gasteiger partial charge in [0.1, 0.15) is 0 Å². The minimum Gasteiger partial charge on any atom is -0.324 e. The van der Waals surface area contributed by atoms with E-state index in [-0.39, 0.29) is 10.9 Å². The number of likely N-dealkylation sites (tertiary alicyclic amines) is 1. The first-order valence-corrected chi connectivity index (χ1v) is 11.6. The summed E-state index contributed by atoms with van der Waals surface area (Å²) in [6, 6.07) is 21.0. The van der Waals surface area contributed by atoms with E-state index < -0.39 is 9.84 Å². The van der Waals surface area contributed by atoms with Crippen molar-refractivity contribution in [2.24, 2.45) is 0 Å². The zero-order chi connectivity index (χ0) is 20.4. The highest BCUT2D eigenvalue weighted by molar-refractivity contribution is 7.90. The topological polar surface area (TPSA) is 66.5 Å². The Balaban J connectivity index is 1.43. The van der Waals surface area contributed by atoms with Gasteiger partial charge in [0, 0.05) is 25.0 Å². The molecule has 5 nitrogen and oxygen atoms in total. The number of hydrogen-bond acceptors (Lipinski definition) is 3. The van der Waals surface area contributed by atoms with Gasteiger partial charge in [-0.25, -0.2) is 13.2 Å². The fraction of sp³-hybridized carbons (Fsp3) is 0.261. The summed E-state index contributed by atoms with van der Waals surface area (Å²) in [6.07, 6.45) is 2.97. The monoisotopic (exact) mass is 408 g/mol. The molecule has 4 rings (SSSR count). The first-order chi connectivity index (χ1) is 13.9. The molecule has 150 valence electrons. The molecule has 0 saturated carbocycles. The minimum absolute atomic E-state index is 0.188. The molecule has 0 spiro atoms. The van der Waals surface area contributed by atoms with Gasteiger partial charge in [0.2, 0.25) is 0 Å². The maximum absolute atomic E-state index is 12.6. The number of nitrogens with zero attached hydrogens (tertiary/aromatic N) is 1. The molecular weight excluding hydrogens is 384 g/mol. The lowest BCUT2D eigenvalue weighted by Crippen LogP contribution is -2.40. The molecule has 6 heteroatoms. The van der Waals surface area contributed by atoms with E-state index >= 15 is 0 Å². The van der Waals surface area contributed by atoms with E-state index in [1.54, 1.807) is 17.0 Å². The molecule has 2 amide bonds. The van der Waals surface area contributed by atoms with Crippen LogP contribution < -0.4 is 5.32 Å². The average molecular weight is 409 g/mol. The minimum atomic E-state index is -3.31. The third kappa shape index (κ3) is 4.27. The molecule has 1 heterocycles. The molecule has 1 saturated heterocycles. The molecule has 3 aromatic carbocycles. The summed E-state index contributed by atoms with van der Waals surface area (Å²) < 4.78 is 23.4. The van der Waals surface area contributed by atoms with Gasteiger partial charge < -0.3 is 10.2 Å². The molecule has 0 radical (unpaired) electrons. The number of benzene rings is 3. The highest BCUT2D eigenvalue weighted by Gasteiger charge is 2.25. The number of nitrogens with one attached hydrogen (secondary N) is 1. The Kier molecular flexibility index (Phi) is 5.28. The van der Waals surface area contributed by atoms with Crippen LogP contribution >= 0.6 is 0 Å². The second-order valence-corrected chi connectivity index (χ2v) is 9.58.